The van der Waals surface area contributed by atoms with Gasteiger partial charge in [-0.15, -0.1) is 11.8 Å². The van der Waals surface area contributed by atoms with E-state index in [0.717, 1.165) is 9.80 Å². The lowest BCUT2D eigenvalue weighted by Gasteiger charge is -2.15. The van der Waals surface area contributed by atoms with Crippen molar-refractivity contribution in [1.82, 2.24) is 0 Å². The number of primary sulfonamides is 1. The fourth-order valence-corrected chi connectivity index (χ4v) is 5.47. The predicted octanol–water partition coefficient (Wildman–Crippen LogP) is 4.32. The van der Waals surface area contributed by atoms with E-state index >= 15 is 0 Å². The molecule has 1 saturated heterocycles. The maximum atomic E-state index is 12.9. The average Bonchev–Trinajstić information content (AvgIpc) is 3.07. The Morgan fingerprint density at radius 3 is 2.26 bits per heavy atom. The summed E-state index contributed by atoms with van der Waals surface area (Å²) in [5, 5.41) is 7.84. The lowest BCUT2D eigenvalue weighted by Crippen LogP contribution is -2.31. The molecule has 1 unspecified atom stereocenters. The second-order valence-corrected chi connectivity index (χ2v) is 11.2. The smallest absolute Gasteiger partial charge is 0.257 e. The van der Waals surface area contributed by atoms with Crippen molar-refractivity contribution in [3.05, 3.63) is 82.3 Å². The van der Waals surface area contributed by atoms with Gasteiger partial charge in [-0.3, -0.25) is 14.4 Å². The van der Waals surface area contributed by atoms with Crippen molar-refractivity contribution in [1.29, 1.82) is 0 Å². The summed E-state index contributed by atoms with van der Waals surface area (Å²) < 4.78 is 22.8. The lowest BCUT2D eigenvalue weighted by atomic mass is 10.2. The molecule has 12 heteroatoms. The Morgan fingerprint density at radius 2 is 1.66 bits per heavy atom. The van der Waals surface area contributed by atoms with Crippen molar-refractivity contribution in [2.75, 3.05) is 10.2 Å². The fourth-order valence-electron chi connectivity index (χ4n) is 3.41. The first kappa shape index (κ1) is 25.2. The van der Waals surface area contributed by atoms with Gasteiger partial charge in [-0.25, -0.2) is 18.5 Å². The molecule has 0 spiro atoms. The summed E-state index contributed by atoms with van der Waals surface area (Å²) in [7, 11) is -3.88. The number of imide groups is 1. The standard InChI is InChI=1S/C23H17Cl2N3O5S2/c24-13-1-10-18(19(25)11-13)22(30)27-14-2-6-16(7-3-14)34-20-12-21(29)28(23(20)31)15-4-8-17(9-5-15)35(26,32)33/h1-11,20H,12H2,(H,27,30)(H2,26,32,33). The molecular formula is C23H17Cl2N3O5S2. The van der Waals surface area contributed by atoms with E-state index in [-0.39, 0.29) is 33.5 Å². The number of carbonyl (C=O) groups is 3. The molecule has 35 heavy (non-hydrogen) atoms. The third-order valence-electron chi connectivity index (χ3n) is 5.09. The highest BCUT2D eigenvalue weighted by Gasteiger charge is 2.40. The van der Waals surface area contributed by atoms with Crippen LogP contribution in [0.1, 0.15) is 16.8 Å². The van der Waals surface area contributed by atoms with Crippen LogP contribution in [-0.2, 0) is 19.6 Å². The molecule has 0 saturated carbocycles. The van der Waals surface area contributed by atoms with Crippen LogP contribution in [0.25, 0.3) is 0 Å². The van der Waals surface area contributed by atoms with Gasteiger partial charge >= 0.3 is 0 Å². The van der Waals surface area contributed by atoms with E-state index in [1.165, 1.54) is 48.2 Å². The Hall–Kier alpha value is -2.89. The summed E-state index contributed by atoms with van der Waals surface area (Å²) in [5.74, 6) is -1.19. The Morgan fingerprint density at radius 1 is 1.00 bits per heavy atom. The van der Waals surface area contributed by atoms with Crippen LogP contribution in [0.5, 0.6) is 0 Å². The Balaban J connectivity index is 1.42. The SMILES string of the molecule is NS(=O)(=O)c1ccc(N2C(=O)CC(Sc3ccc(NC(=O)c4ccc(Cl)cc4Cl)cc3)C2=O)cc1. The van der Waals surface area contributed by atoms with E-state index in [9.17, 15) is 22.8 Å². The number of carbonyl (C=O) groups excluding carboxylic acids is 3. The molecule has 3 amide bonds. The lowest BCUT2D eigenvalue weighted by molar-refractivity contribution is -0.121. The van der Waals surface area contributed by atoms with Gasteiger partial charge in [0.2, 0.25) is 21.8 Å². The zero-order valence-corrected chi connectivity index (χ0v) is 20.9. The van der Waals surface area contributed by atoms with Crippen LogP contribution in [-0.4, -0.2) is 31.4 Å². The van der Waals surface area contributed by atoms with Gasteiger partial charge in [0.1, 0.15) is 0 Å². The first-order valence-corrected chi connectivity index (χ1v) is 13.2. The van der Waals surface area contributed by atoms with Gasteiger partial charge in [-0.05, 0) is 66.7 Å². The number of amides is 3. The van der Waals surface area contributed by atoms with Crippen molar-refractivity contribution in [2.45, 2.75) is 21.5 Å². The van der Waals surface area contributed by atoms with E-state index in [4.69, 9.17) is 28.3 Å². The Kier molecular flexibility index (Phi) is 7.20. The number of rotatable bonds is 6. The number of hydrogen-bond acceptors (Lipinski definition) is 6. The molecular weight excluding hydrogens is 533 g/mol. The minimum atomic E-state index is -3.88. The van der Waals surface area contributed by atoms with Crippen molar-refractivity contribution < 1.29 is 22.8 Å². The molecule has 1 fully saturated rings. The number of nitrogens with one attached hydrogen (secondary N) is 1. The molecule has 3 N–H and O–H groups in total. The van der Waals surface area contributed by atoms with Gasteiger partial charge in [0.15, 0.2) is 0 Å². The highest BCUT2D eigenvalue weighted by Crippen LogP contribution is 2.34. The summed E-state index contributed by atoms with van der Waals surface area (Å²) in [4.78, 5) is 39.5. The predicted molar refractivity (Wildman–Crippen MR) is 135 cm³/mol. The van der Waals surface area contributed by atoms with Crippen LogP contribution in [0.2, 0.25) is 10.0 Å². The van der Waals surface area contributed by atoms with E-state index in [0.29, 0.717) is 10.7 Å². The van der Waals surface area contributed by atoms with E-state index in [2.05, 4.69) is 5.32 Å². The zero-order valence-electron chi connectivity index (χ0n) is 17.8. The maximum Gasteiger partial charge on any atom is 0.257 e. The number of benzene rings is 3. The minimum Gasteiger partial charge on any atom is -0.322 e. The minimum absolute atomic E-state index is 0.00596. The molecule has 1 atom stereocenters. The Labute approximate surface area is 215 Å². The molecule has 3 aromatic carbocycles. The van der Waals surface area contributed by atoms with E-state index in [1.54, 1.807) is 30.3 Å². The number of nitrogens with two attached hydrogens (primary N) is 1. The molecule has 3 aromatic rings. The molecule has 4 rings (SSSR count). The third-order valence-corrected chi connectivity index (χ3v) is 7.77. The molecule has 180 valence electrons. The molecule has 0 aromatic heterocycles. The van der Waals surface area contributed by atoms with Crippen molar-refractivity contribution in [3.8, 4) is 0 Å². The first-order valence-electron chi connectivity index (χ1n) is 10.1. The van der Waals surface area contributed by atoms with Crippen LogP contribution in [0.3, 0.4) is 0 Å². The zero-order chi connectivity index (χ0) is 25.3. The van der Waals surface area contributed by atoms with E-state index < -0.39 is 27.1 Å². The molecule has 1 heterocycles. The molecule has 1 aliphatic heterocycles. The summed E-state index contributed by atoms with van der Waals surface area (Å²) in [5.41, 5.74) is 1.08. The molecule has 0 aliphatic carbocycles. The molecule has 0 bridgehead atoms. The summed E-state index contributed by atoms with van der Waals surface area (Å²) in [6.45, 7) is 0. The van der Waals surface area contributed by atoms with Crippen LogP contribution < -0.4 is 15.4 Å². The number of hydrogen-bond donors (Lipinski definition) is 2. The second-order valence-electron chi connectivity index (χ2n) is 7.52. The van der Waals surface area contributed by atoms with Crippen molar-refractivity contribution in [3.63, 3.8) is 0 Å². The van der Waals surface area contributed by atoms with Gasteiger partial charge in [0.05, 0.1) is 26.4 Å². The highest BCUT2D eigenvalue weighted by atomic mass is 35.5. The first-order chi connectivity index (χ1) is 16.5. The monoisotopic (exact) mass is 549 g/mol. The van der Waals surface area contributed by atoms with Gasteiger partial charge < -0.3 is 5.32 Å². The van der Waals surface area contributed by atoms with Crippen LogP contribution in [0.15, 0.2) is 76.5 Å². The fraction of sp³-hybridized carbons (Fsp3) is 0.0870. The van der Waals surface area contributed by atoms with Gasteiger partial charge in [-0.1, -0.05) is 23.2 Å². The number of thioether (sulfide) groups is 1. The van der Waals surface area contributed by atoms with Crippen molar-refractivity contribution in [2.24, 2.45) is 5.14 Å². The number of anilines is 2. The number of nitrogens with zero attached hydrogens (tertiary/aromatic N) is 1. The largest absolute Gasteiger partial charge is 0.322 e. The van der Waals surface area contributed by atoms with Gasteiger partial charge in [-0.2, -0.15) is 0 Å². The van der Waals surface area contributed by atoms with Crippen LogP contribution >= 0.6 is 35.0 Å². The number of halogens is 2. The third kappa shape index (κ3) is 5.68. The van der Waals surface area contributed by atoms with E-state index in [1.807, 2.05) is 0 Å². The molecule has 1 aliphatic rings. The summed E-state index contributed by atoms with van der Waals surface area (Å²) >= 11 is 13.2. The van der Waals surface area contributed by atoms with Gasteiger partial charge in [0, 0.05) is 22.0 Å². The summed E-state index contributed by atoms with van der Waals surface area (Å²) in [6.07, 6.45) is -0.00596. The summed E-state index contributed by atoms with van der Waals surface area (Å²) in [6, 6.07) is 16.6. The molecule has 0 radical (unpaired) electrons. The Bertz CT molecular complexity index is 1430. The van der Waals surface area contributed by atoms with Gasteiger partial charge in [0.25, 0.3) is 5.91 Å². The van der Waals surface area contributed by atoms with Crippen molar-refractivity contribution >= 4 is 74.1 Å². The van der Waals surface area contributed by atoms with Crippen LogP contribution in [0.4, 0.5) is 11.4 Å². The number of sulfonamides is 1. The topological polar surface area (TPSA) is 127 Å². The molecule has 8 nitrogen and oxygen atoms in total. The quantitative estimate of drug-likeness (QED) is 0.441. The average molecular weight is 550 g/mol. The second kappa shape index (κ2) is 10.00. The maximum absolute atomic E-state index is 12.9. The highest BCUT2D eigenvalue weighted by molar-refractivity contribution is 8.00. The normalized spacial score (nSPS) is 16.0. The van der Waals surface area contributed by atoms with Crippen LogP contribution in [0, 0.1) is 0 Å².